The summed E-state index contributed by atoms with van der Waals surface area (Å²) in [6, 6.07) is 0. The lowest BCUT2D eigenvalue weighted by Gasteiger charge is -2.11. The number of carbonyl (C=O) groups is 1. The molecule has 5 heteroatoms. The molecule has 90 valence electrons. The predicted octanol–water partition coefficient (Wildman–Crippen LogP) is -0.513. The quantitative estimate of drug-likeness (QED) is 0.455. The molecule has 1 amide bonds. The lowest BCUT2D eigenvalue weighted by Crippen LogP contribution is -2.32. The third kappa shape index (κ3) is 8.35. The second-order valence-corrected chi connectivity index (χ2v) is 3.46. The molecule has 0 heterocycles. The number of ether oxygens (including phenoxy) is 1. The van der Waals surface area contributed by atoms with Crippen molar-refractivity contribution in [1.29, 1.82) is 0 Å². The monoisotopic (exact) mass is 218 g/mol. The minimum absolute atomic E-state index is 0.00592. The molecule has 0 radical (unpaired) electrons. The fourth-order valence-corrected chi connectivity index (χ4v) is 1.14. The molecule has 1 unspecified atom stereocenters. The Labute approximate surface area is 91.0 Å². The summed E-state index contributed by atoms with van der Waals surface area (Å²) >= 11 is 0. The van der Waals surface area contributed by atoms with Crippen LogP contribution in [0.25, 0.3) is 0 Å². The maximum Gasteiger partial charge on any atom is 0.222 e. The first kappa shape index (κ1) is 14.3. The minimum atomic E-state index is 0.00592. The van der Waals surface area contributed by atoms with Gasteiger partial charge in [-0.15, -0.1) is 0 Å². The van der Waals surface area contributed by atoms with E-state index in [-0.39, 0.29) is 18.4 Å². The zero-order valence-electron chi connectivity index (χ0n) is 9.37. The van der Waals surface area contributed by atoms with Gasteiger partial charge in [-0.3, -0.25) is 4.79 Å². The molecule has 0 bridgehead atoms. The summed E-state index contributed by atoms with van der Waals surface area (Å²) in [5.74, 6) is 0.0439. The molecule has 0 aliphatic heterocycles. The van der Waals surface area contributed by atoms with Crippen LogP contribution in [0.4, 0.5) is 0 Å². The molecule has 0 aliphatic carbocycles. The van der Waals surface area contributed by atoms with Crippen molar-refractivity contribution in [2.75, 3.05) is 32.9 Å². The summed E-state index contributed by atoms with van der Waals surface area (Å²) in [6.07, 6.45) is 1.69. The van der Waals surface area contributed by atoms with Crippen LogP contribution in [0.5, 0.6) is 0 Å². The van der Waals surface area contributed by atoms with Crippen LogP contribution in [0, 0.1) is 5.92 Å². The summed E-state index contributed by atoms with van der Waals surface area (Å²) in [4.78, 5) is 11.4. The van der Waals surface area contributed by atoms with Crippen molar-refractivity contribution in [1.82, 2.24) is 5.32 Å². The van der Waals surface area contributed by atoms with Gasteiger partial charge in [0.2, 0.25) is 5.91 Å². The van der Waals surface area contributed by atoms with Gasteiger partial charge < -0.3 is 20.9 Å². The van der Waals surface area contributed by atoms with Crippen molar-refractivity contribution in [2.24, 2.45) is 11.7 Å². The number of aliphatic hydroxyl groups excluding tert-OH is 1. The molecule has 0 saturated heterocycles. The van der Waals surface area contributed by atoms with E-state index in [0.29, 0.717) is 26.3 Å². The Balaban J connectivity index is 3.38. The second kappa shape index (κ2) is 9.89. The number of hydrogen-bond acceptors (Lipinski definition) is 4. The Morgan fingerprint density at radius 1 is 1.53 bits per heavy atom. The molecule has 0 aromatic carbocycles. The van der Waals surface area contributed by atoms with Gasteiger partial charge >= 0.3 is 0 Å². The van der Waals surface area contributed by atoms with Crippen LogP contribution in [-0.2, 0) is 9.53 Å². The van der Waals surface area contributed by atoms with E-state index >= 15 is 0 Å². The molecule has 0 saturated carbocycles. The summed E-state index contributed by atoms with van der Waals surface area (Å²) in [6.45, 7) is 3.78. The molecule has 0 aromatic rings. The Hall–Kier alpha value is -0.650. The SMILES string of the molecule is CC(CCCN)C(=O)NCCOCCO. The highest BCUT2D eigenvalue weighted by Crippen LogP contribution is 2.03. The Bertz CT molecular complexity index is 165. The van der Waals surface area contributed by atoms with E-state index in [9.17, 15) is 4.79 Å². The van der Waals surface area contributed by atoms with E-state index in [0.717, 1.165) is 12.8 Å². The first-order valence-electron chi connectivity index (χ1n) is 5.38. The van der Waals surface area contributed by atoms with Crippen molar-refractivity contribution in [3.8, 4) is 0 Å². The lowest BCUT2D eigenvalue weighted by atomic mass is 10.1. The average Bonchev–Trinajstić information content (AvgIpc) is 2.25. The molecule has 15 heavy (non-hydrogen) atoms. The summed E-state index contributed by atoms with van der Waals surface area (Å²) in [5.41, 5.74) is 5.36. The molecule has 0 fully saturated rings. The van der Waals surface area contributed by atoms with Crippen molar-refractivity contribution < 1.29 is 14.6 Å². The van der Waals surface area contributed by atoms with Gasteiger partial charge in [-0.2, -0.15) is 0 Å². The van der Waals surface area contributed by atoms with Crippen molar-refractivity contribution >= 4 is 5.91 Å². The zero-order valence-corrected chi connectivity index (χ0v) is 9.37. The van der Waals surface area contributed by atoms with Gasteiger partial charge in [0.05, 0.1) is 19.8 Å². The van der Waals surface area contributed by atoms with Crippen LogP contribution in [-0.4, -0.2) is 43.9 Å². The molecular formula is C10H22N2O3. The molecule has 0 aromatic heterocycles. The van der Waals surface area contributed by atoms with E-state index in [4.69, 9.17) is 15.6 Å². The number of nitrogens with two attached hydrogens (primary N) is 1. The molecule has 0 aliphatic rings. The Morgan fingerprint density at radius 2 is 2.27 bits per heavy atom. The molecule has 1 atom stereocenters. The van der Waals surface area contributed by atoms with Gasteiger partial charge in [0.25, 0.3) is 0 Å². The zero-order chi connectivity index (χ0) is 11.5. The fraction of sp³-hybridized carbons (Fsp3) is 0.900. The average molecular weight is 218 g/mol. The maximum atomic E-state index is 11.4. The van der Waals surface area contributed by atoms with Crippen molar-refractivity contribution in [3.63, 3.8) is 0 Å². The van der Waals surface area contributed by atoms with Gasteiger partial charge in [0.1, 0.15) is 0 Å². The fourth-order valence-electron chi connectivity index (χ4n) is 1.14. The molecule has 0 spiro atoms. The van der Waals surface area contributed by atoms with Crippen molar-refractivity contribution in [3.05, 3.63) is 0 Å². The van der Waals surface area contributed by atoms with Crippen molar-refractivity contribution in [2.45, 2.75) is 19.8 Å². The minimum Gasteiger partial charge on any atom is -0.394 e. The first-order valence-corrected chi connectivity index (χ1v) is 5.38. The van der Waals surface area contributed by atoms with Crippen LogP contribution in [0.15, 0.2) is 0 Å². The van der Waals surface area contributed by atoms with E-state index < -0.39 is 0 Å². The van der Waals surface area contributed by atoms with Crippen LogP contribution >= 0.6 is 0 Å². The predicted molar refractivity (Wildman–Crippen MR) is 58.4 cm³/mol. The van der Waals surface area contributed by atoms with Gasteiger partial charge in [-0.05, 0) is 19.4 Å². The van der Waals surface area contributed by atoms with E-state index in [1.165, 1.54) is 0 Å². The first-order chi connectivity index (χ1) is 7.22. The molecule has 0 rings (SSSR count). The number of hydrogen-bond donors (Lipinski definition) is 3. The highest BCUT2D eigenvalue weighted by Gasteiger charge is 2.10. The van der Waals surface area contributed by atoms with Gasteiger partial charge in [0, 0.05) is 12.5 Å². The number of nitrogens with one attached hydrogen (secondary N) is 1. The van der Waals surface area contributed by atoms with E-state index in [1.807, 2.05) is 6.92 Å². The van der Waals surface area contributed by atoms with Gasteiger partial charge in [-0.25, -0.2) is 0 Å². The Morgan fingerprint density at radius 3 is 2.87 bits per heavy atom. The number of rotatable bonds is 9. The highest BCUT2D eigenvalue weighted by molar-refractivity contribution is 5.78. The standard InChI is InChI=1S/C10H22N2O3/c1-9(3-2-4-11)10(14)12-5-7-15-8-6-13/h9,13H,2-8,11H2,1H3,(H,12,14). The van der Waals surface area contributed by atoms with Crippen LogP contribution in [0.2, 0.25) is 0 Å². The lowest BCUT2D eigenvalue weighted by molar-refractivity contribution is -0.124. The summed E-state index contributed by atoms with van der Waals surface area (Å²) in [7, 11) is 0. The third-order valence-electron chi connectivity index (χ3n) is 2.07. The largest absolute Gasteiger partial charge is 0.394 e. The number of carbonyl (C=O) groups excluding carboxylic acids is 1. The molecule has 5 nitrogen and oxygen atoms in total. The van der Waals surface area contributed by atoms with Crippen LogP contribution in [0.1, 0.15) is 19.8 Å². The normalized spacial score (nSPS) is 12.5. The number of aliphatic hydroxyl groups is 1. The van der Waals surface area contributed by atoms with E-state index in [1.54, 1.807) is 0 Å². The van der Waals surface area contributed by atoms with Gasteiger partial charge in [-0.1, -0.05) is 6.92 Å². The smallest absolute Gasteiger partial charge is 0.222 e. The number of amides is 1. The third-order valence-corrected chi connectivity index (χ3v) is 2.07. The maximum absolute atomic E-state index is 11.4. The van der Waals surface area contributed by atoms with E-state index in [2.05, 4.69) is 5.32 Å². The highest BCUT2D eigenvalue weighted by atomic mass is 16.5. The topological polar surface area (TPSA) is 84.6 Å². The molecular weight excluding hydrogens is 196 g/mol. The van der Waals surface area contributed by atoms with Crippen LogP contribution < -0.4 is 11.1 Å². The van der Waals surface area contributed by atoms with Crippen LogP contribution in [0.3, 0.4) is 0 Å². The second-order valence-electron chi connectivity index (χ2n) is 3.46. The van der Waals surface area contributed by atoms with Gasteiger partial charge in [0.15, 0.2) is 0 Å². The Kier molecular flexibility index (Phi) is 9.46. The molecule has 4 N–H and O–H groups in total. The summed E-state index contributed by atoms with van der Waals surface area (Å²) in [5, 5.41) is 11.2. The summed E-state index contributed by atoms with van der Waals surface area (Å²) < 4.78 is 5.01.